The third-order valence-electron chi connectivity index (χ3n) is 5.47. The normalized spacial score (nSPS) is 14.8. The zero-order valence-electron chi connectivity index (χ0n) is 17.2. The Bertz CT molecular complexity index is 1120. The highest BCUT2D eigenvalue weighted by molar-refractivity contribution is 5.99. The fraction of sp³-hybridized carbons (Fsp3) is 0.318. The van der Waals surface area contributed by atoms with Crippen molar-refractivity contribution >= 4 is 11.7 Å². The number of ether oxygens (including phenoxy) is 1. The molecule has 0 radical (unpaired) electrons. The molecule has 1 aliphatic heterocycles. The maximum Gasteiger partial charge on any atom is 0.255 e. The zero-order valence-corrected chi connectivity index (χ0v) is 17.2. The fourth-order valence-electron chi connectivity index (χ4n) is 3.57. The van der Waals surface area contributed by atoms with Crippen LogP contribution in [-0.2, 0) is 6.54 Å². The first-order chi connectivity index (χ1) is 14.4. The molecular weight excluding hydrogens is 382 g/mol. The van der Waals surface area contributed by atoms with Crippen LogP contribution in [0.1, 0.15) is 30.6 Å². The van der Waals surface area contributed by atoms with Crippen LogP contribution in [0.4, 0.5) is 5.95 Å². The average Bonchev–Trinajstić information content (AvgIpc) is 2.76. The average molecular weight is 405 g/mol. The Hall–Kier alpha value is -3.55. The van der Waals surface area contributed by atoms with Crippen molar-refractivity contribution in [2.24, 2.45) is 0 Å². The van der Waals surface area contributed by atoms with Crippen molar-refractivity contribution in [3.63, 3.8) is 0 Å². The van der Waals surface area contributed by atoms with E-state index in [9.17, 15) is 9.59 Å². The van der Waals surface area contributed by atoms with Gasteiger partial charge in [0.25, 0.3) is 5.56 Å². The molecule has 0 atom stereocenters. The van der Waals surface area contributed by atoms with Gasteiger partial charge in [-0.05, 0) is 50.6 Å². The van der Waals surface area contributed by atoms with Gasteiger partial charge in [0.15, 0.2) is 5.78 Å². The molecule has 1 aromatic carbocycles. The largest absolute Gasteiger partial charge is 0.497 e. The highest BCUT2D eigenvalue weighted by atomic mass is 16.5. The minimum absolute atomic E-state index is 0.0548. The second-order valence-electron chi connectivity index (χ2n) is 7.83. The Kier molecular flexibility index (Phi) is 5.07. The molecule has 30 heavy (non-hydrogen) atoms. The lowest BCUT2D eigenvalue weighted by Crippen LogP contribution is -2.53. The first kappa shape index (κ1) is 19.8. The molecule has 2 aromatic heterocycles. The predicted molar refractivity (Wildman–Crippen MR) is 113 cm³/mol. The molecule has 8 nitrogen and oxygen atoms in total. The number of benzene rings is 1. The van der Waals surface area contributed by atoms with Crippen molar-refractivity contribution in [2.45, 2.75) is 32.4 Å². The number of hydrogen-bond acceptors (Lipinski definition) is 7. The molecule has 3 heterocycles. The van der Waals surface area contributed by atoms with Gasteiger partial charge in [0, 0.05) is 29.9 Å². The Morgan fingerprint density at radius 1 is 1.17 bits per heavy atom. The third kappa shape index (κ3) is 3.68. The van der Waals surface area contributed by atoms with Crippen LogP contribution in [0.25, 0.3) is 11.4 Å². The number of hydrogen-bond donors (Lipinski definition) is 0. The standard InChI is InChI=1S/C22H23N5O3/c1-22(2)9-11-26-20(29)12-18(17-8-10-23-14-24-17)25-21(26)27(22)13-19(28)15-4-6-16(30-3)7-5-15/h4-8,10,12,14H,9,11,13H2,1-3H3. The molecule has 0 unspecified atom stereocenters. The van der Waals surface area contributed by atoms with E-state index in [1.807, 2.05) is 4.90 Å². The van der Waals surface area contributed by atoms with Crippen LogP contribution in [0.2, 0.25) is 0 Å². The van der Waals surface area contributed by atoms with Gasteiger partial charge in [-0.3, -0.25) is 14.2 Å². The van der Waals surface area contributed by atoms with Crippen molar-refractivity contribution < 1.29 is 9.53 Å². The summed E-state index contributed by atoms with van der Waals surface area (Å²) < 4.78 is 6.79. The molecule has 0 amide bonds. The molecule has 3 aromatic rings. The minimum Gasteiger partial charge on any atom is -0.497 e. The molecule has 4 rings (SSSR count). The molecule has 154 valence electrons. The van der Waals surface area contributed by atoms with Gasteiger partial charge in [0.1, 0.15) is 12.1 Å². The van der Waals surface area contributed by atoms with Crippen LogP contribution >= 0.6 is 0 Å². The molecule has 1 aliphatic rings. The molecule has 0 saturated carbocycles. The van der Waals surface area contributed by atoms with Crippen molar-refractivity contribution in [1.29, 1.82) is 0 Å². The van der Waals surface area contributed by atoms with Gasteiger partial charge in [-0.2, -0.15) is 0 Å². The lowest BCUT2D eigenvalue weighted by Gasteiger charge is -2.43. The highest BCUT2D eigenvalue weighted by Gasteiger charge is 2.36. The summed E-state index contributed by atoms with van der Waals surface area (Å²) in [4.78, 5) is 40.6. The van der Waals surface area contributed by atoms with Gasteiger partial charge in [0.05, 0.1) is 25.0 Å². The van der Waals surface area contributed by atoms with Crippen molar-refractivity contribution in [3.8, 4) is 17.1 Å². The maximum absolute atomic E-state index is 13.0. The number of nitrogens with zero attached hydrogens (tertiary/aromatic N) is 5. The topological polar surface area (TPSA) is 90.2 Å². The van der Waals surface area contributed by atoms with Gasteiger partial charge in [-0.15, -0.1) is 0 Å². The number of rotatable bonds is 5. The smallest absolute Gasteiger partial charge is 0.255 e. The summed E-state index contributed by atoms with van der Waals surface area (Å²) in [5, 5.41) is 0. The van der Waals surface area contributed by atoms with Crippen LogP contribution in [-0.4, -0.2) is 44.5 Å². The van der Waals surface area contributed by atoms with Gasteiger partial charge in [0.2, 0.25) is 5.95 Å². The van der Waals surface area contributed by atoms with Crippen LogP contribution in [0, 0.1) is 0 Å². The summed E-state index contributed by atoms with van der Waals surface area (Å²) in [7, 11) is 1.59. The molecule has 0 bridgehead atoms. The first-order valence-electron chi connectivity index (χ1n) is 9.72. The van der Waals surface area contributed by atoms with E-state index in [4.69, 9.17) is 9.72 Å². The molecule has 8 heteroatoms. The van der Waals surface area contributed by atoms with Crippen molar-refractivity contribution in [1.82, 2.24) is 19.5 Å². The third-order valence-corrected chi connectivity index (χ3v) is 5.47. The SMILES string of the molecule is COc1ccc(C(=O)CN2c3nc(-c4ccncn4)cc(=O)n3CCC2(C)C)cc1. The van der Waals surface area contributed by atoms with Crippen LogP contribution in [0.3, 0.4) is 0 Å². The number of carbonyl (C=O) groups excluding carboxylic acids is 1. The summed E-state index contributed by atoms with van der Waals surface area (Å²) in [6, 6.07) is 10.2. The van der Waals surface area contributed by atoms with E-state index in [1.165, 1.54) is 12.4 Å². The second kappa shape index (κ2) is 7.70. The molecule has 0 saturated heterocycles. The Balaban J connectivity index is 1.73. The Morgan fingerprint density at radius 3 is 2.60 bits per heavy atom. The summed E-state index contributed by atoms with van der Waals surface area (Å²) in [6.45, 7) is 4.77. The van der Waals surface area contributed by atoms with Crippen LogP contribution < -0.4 is 15.2 Å². The summed E-state index contributed by atoms with van der Waals surface area (Å²) in [5.74, 6) is 1.12. The lowest BCUT2D eigenvalue weighted by atomic mass is 9.95. The van der Waals surface area contributed by atoms with Gasteiger partial charge in [-0.1, -0.05) is 0 Å². The molecule has 0 spiro atoms. The summed E-state index contributed by atoms with van der Waals surface area (Å²) in [6.07, 6.45) is 3.75. The zero-order chi connectivity index (χ0) is 21.3. The van der Waals surface area contributed by atoms with Crippen LogP contribution in [0.5, 0.6) is 5.75 Å². The molecule has 0 aliphatic carbocycles. The Labute approximate surface area is 174 Å². The number of methoxy groups -OCH3 is 1. The van der Waals surface area contributed by atoms with Gasteiger partial charge < -0.3 is 9.64 Å². The monoisotopic (exact) mass is 405 g/mol. The number of aromatic nitrogens is 4. The van der Waals surface area contributed by atoms with E-state index in [1.54, 1.807) is 48.2 Å². The quantitative estimate of drug-likeness (QED) is 0.603. The van der Waals surface area contributed by atoms with Crippen molar-refractivity contribution in [3.05, 3.63) is 64.8 Å². The molecule has 0 N–H and O–H groups in total. The summed E-state index contributed by atoms with van der Waals surface area (Å²) >= 11 is 0. The number of Topliss-reactive ketones (excluding diaryl/α,β-unsaturated/α-hetero) is 1. The van der Waals surface area contributed by atoms with Crippen LogP contribution in [0.15, 0.2) is 53.7 Å². The van der Waals surface area contributed by atoms with Gasteiger partial charge >= 0.3 is 0 Å². The maximum atomic E-state index is 13.0. The number of anilines is 1. The first-order valence-corrected chi connectivity index (χ1v) is 9.72. The minimum atomic E-state index is -0.341. The van der Waals surface area contributed by atoms with Crippen molar-refractivity contribution in [2.75, 3.05) is 18.6 Å². The van der Waals surface area contributed by atoms with E-state index in [0.717, 1.165) is 6.42 Å². The Morgan fingerprint density at radius 2 is 1.93 bits per heavy atom. The highest BCUT2D eigenvalue weighted by Crippen LogP contribution is 2.31. The van der Waals surface area contributed by atoms with E-state index < -0.39 is 0 Å². The fourth-order valence-corrected chi connectivity index (χ4v) is 3.57. The molecule has 0 fully saturated rings. The van der Waals surface area contributed by atoms with Gasteiger partial charge in [-0.25, -0.2) is 15.0 Å². The number of ketones is 1. The second-order valence-corrected chi connectivity index (χ2v) is 7.83. The molecular formula is C22H23N5O3. The van der Waals surface area contributed by atoms with E-state index in [-0.39, 0.29) is 23.4 Å². The van der Waals surface area contributed by atoms with E-state index >= 15 is 0 Å². The van der Waals surface area contributed by atoms with E-state index in [2.05, 4.69) is 23.8 Å². The predicted octanol–water partition coefficient (Wildman–Crippen LogP) is 2.58. The van der Waals surface area contributed by atoms with E-state index in [0.29, 0.717) is 35.2 Å². The number of carbonyl (C=O) groups is 1. The number of fused-ring (bicyclic) bond motifs is 1. The lowest BCUT2D eigenvalue weighted by molar-refractivity contribution is 0.0989. The summed E-state index contributed by atoms with van der Waals surface area (Å²) in [5.41, 5.74) is 1.11.